The molecule has 0 saturated heterocycles. The first-order valence-electron chi connectivity index (χ1n) is 6.45. The highest BCUT2D eigenvalue weighted by molar-refractivity contribution is 5.83. The lowest BCUT2D eigenvalue weighted by molar-refractivity contribution is 0.610. The van der Waals surface area contributed by atoms with Gasteiger partial charge in [0.05, 0.1) is 5.52 Å². The van der Waals surface area contributed by atoms with Crippen LogP contribution in [0.15, 0.2) is 30.5 Å². The Labute approximate surface area is 97.1 Å². The molecule has 1 fully saturated rings. The van der Waals surface area contributed by atoms with E-state index in [9.17, 15) is 0 Å². The first kappa shape index (κ1) is 9.95. The molecule has 1 aromatic carbocycles. The molecule has 0 bridgehead atoms. The van der Waals surface area contributed by atoms with Crippen LogP contribution in [0.4, 0.5) is 0 Å². The van der Waals surface area contributed by atoms with Crippen LogP contribution < -0.4 is 0 Å². The minimum atomic E-state index is 1.02. The van der Waals surface area contributed by atoms with Gasteiger partial charge in [-0.15, -0.1) is 0 Å². The van der Waals surface area contributed by atoms with Crippen molar-refractivity contribution in [3.8, 4) is 0 Å². The number of para-hydroxylation sites is 1. The van der Waals surface area contributed by atoms with E-state index in [1.54, 1.807) is 0 Å². The fraction of sp³-hybridized carbons (Fsp3) is 0.467. The molecule has 1 aliphatic rings. The fourth-order valence-electron chi connectivity index (χ4n) is 2.54. The van der Waals surface area contributed by atoms with Crippen molar-refractivity contribution in [3.05, 3.63) is 36.0 Å². The third kappa shape index (κ3) is 1.75. The van der Waals surface area contributed by atoms with Gasteiger partial charge in [0.2, 0.25) is 0 Å². The van der Waals surface area contributed by atoms with Crippen molar-refractivity contribution < 1.29 is 0 Å². The van der Waals surface area contributed by atoms with Crippen LogP contribution in [0, 0.1) is 5.92 Å². The zero-order valence-electron chi connectivity index (χ0n) is 9.95. The molecular weight excluding hydrogens is 194 g/mol. The van der Waals surface area contributed by atoms with E-state index in [0.29, 0.717) is 0 Å². The Balaban J connectivity index is 1.95. The largest absolute Gasteiger partial charge is 0.347 e. The minimum Gasteiger partial charge on any atom is -0.347 e. The van der Waals surface area contributed by atoms with Crippen molar-refractivity contribution >= 4 is 10.9 Å². The molecule has 3 rings (SSSR count). The summed E-state index contributed by atoms with van der Waals surface area (Å²) in [6, 6.07) is 8.91. The molecule has 84 valence electrons. The van der Waals surface area contributed by atoms with Gasteiger partial charge in [0.1, 0.15) is 0 Å². The molecule has 0 spiro atoms. The lowest BCUT2D eigenvalue weighted by Crippen LogP contribution is -1.99. The van der Waals surface area contributed by atoms with E-state index < -0.39 is 0 Å². The molecule has 1 saturated carbocycles. The summed E-state index contributed by atoms with van der Waals surface area (Å²) in [5.41, 5.74) is 2.95. The summed E-state index contributed by atoms with van der Waals surface area (Å²) in [4.78, 5) is 0. The van der Waals surface area contributed by atoms with Gasteiger partial charge in [0.15, 0.2) is 0 Å². The predicted molar refractivity (Wildman–Crippen MR) is 68.7 cm³/mol. The summed E-state index contributed by atoms with van der Waals surface area (Å²) in [6.45, 7) is 3.44. The van der Waals surface area contributed by atoms with Crippen molar-refractivity contribution in [1.82, 2.24) is 4.57 Å². The molecular formula is C15H19N. The normalized spacial score (nSPS) is 15.8. The van der Waals surface area contributed by atoms with Gasteiger partial charge in [0.25, 0.3) is 0 Å². The second-order valence-electron chi connectivity index (χ2n) is 4.95. The van der Waals surface area contributed by atoms with Crippen molar-refractivity contribution in [2.75, 3.05) is 0 Å². The van der Waals surface area contributed by atoms with Crippen LogP contribution in [0.3, 0.4) is 0 Å². The van der Waals surface area contributed by atoms with E-state index in [-0.39, 0.29) is 0 Å². The number of rotatable bonds is 4. The smallest absolute Gasteiger partial charge is 0.0512 e. The highest BCUT2D eigenvalue weighted by atomic mass is 15.0. The van der Waals surface area contributed by atoms with Gasteiger partial charge in [-0.05, 0) is 35.8 Å². The molecule has 0 radical (unpaired) electrons. The molecule has 1 heterocycles. The highest BCUT2D eigenvalue weighted by Crippen LogP contribution is 2.33. The number of benzene rings is 1. The van der Waals surface area contributed by atoms with Crippen molar-refractivity contribution in [2.24, 2.45) is 5.92 Å². The molecule has 0 aliphatic heterocycles. The van der Waals surface area contributed by atoms with E-state index in [1.807, 2.05) is 0 Å². The Hall–Kier alpha value is -1.24. The molecule has 0 atom stereocenters. The van der Waals surface area contributed by atoms with Crippen LogP contribution in [0.1, 0.15) is 31.7 Å². The summed E-state index contributed by atoms with van der Waals surface area (Å²) in [5.74, 6) is 1.02. The van der Waals surface area contributed by atoms with E-state index in [0.717, 1.165) is 12.3 Å². The molecule has 2 aromatic rings. The van der Waals surface area contributed by atoms with Gasteiger partial charge in [-0.25, -0.2) is 0 Å². The number of hydrogen-bond acceptors (Lipinski definition) is 0. The standard InChI is InChI=1S/C15H19N/c1-2-13-4-3-5-14-9-11-16(15(13)14)10-8-12-6-7-12/h3-5,9,11-12H,2,6-8,10H2,1H3. The van der Waals surface area contributed by atoms with Crippen molar-refractivity contribution in [1.29, 1.82) is 0 Å². The SMILES string of the molecule is CCc1cccc2ccn(CCC3CC3)c12. The molecule has 1 heteroatoms. The number of hydrogen-bond donors (Lipinski definition) is 0. The summed E-state index contributed by atoms with van der Waals surface area (Å²) >= 11 is 0. The Morgan fingerprint density at radius 2 is 2.12 bits per heavy atom. The molecule has 1 aromatic heterocycles. The van der Waals surface area contributed by atoms with E-state index >= 15 is 0 Å². The number of aryl methyl sites for hydroxylation is 2. The second kappa shape index (κ2) is 3.97. The van der Waals surface area contributed by atoms with Crippen LogP contribution >= 0.6 is 0 Å². The average molecular weight is 213 g/mol. The number of nitrogens with zero attached hydrogens (tertiary/aromatic N) is 1. The summed E-state index contributed by atoms with van der Waals surface area (Å²) in [5, 5.41) is 1.40. The number of fused-ring (bicyclic) bond motifs is 1. The van der Waals surface area contributed by atoms with E-state index in [4.69, 9.17) is 0 Å². The Kier molecular flexibility index (Phi) is 2.47. The van der Waals surface area contributed by atoms with E-state index in [1.165, 1.54) is 42.3 Å². The summed E-state index contributed by atoms with van der Waals surface area (Å²) < 4.78 is 2.45. The zero-order chi connectivity index (χ0) is 11.0. The van der Waals surface area contributed by atoms with Gasteiger partial charge in [-0.2, -0.15) is 0 Å². The highest BCUT2D eigenvalue weighted by Gasteiger charge is 2.20. The third-order valence-corrected chi connectivity index (χ3v) is 3.73. The summed E-state index contributed by atoms with van der Waals surface area (Å²) in [7, 11) is 0. The van der Waals surface area contributed by atoms with Gasteiger partial charge in [-0.1, -0.05) is 38.0 Å². The summed E-state index contributed by atoms with van der Waals surface area (Å²) in [6.07, 6.45) is 7.67. The van der Waals surface area contributed by atoms with Crippen LogP contribution in [-0.2, 0) is 13.0 Å². The maximum atomic E-state index is 2.45. The van der Waals surface area contributed by atoms with Crippen molar-refractivity contribution in [3.63, 3.8) is 0 Å². The third-order valence-electron chi connectivity index (χ3n) is 3.73. The monoisotopic (exact) mass is 213 g/mol. The quantitative estimate of drug-likeness (QED) is 0.723. The van der Waals surface area contributed by atoms with Gasteiger partial charge >= 0.3 is 0 Å². The minimum absolute atomic E-state index is 1.02. The number of aromatic nitrogens is 1. The van der Waals surface area contributed by atoms with Crippen LogP contribution in [0.25, 0.3) is 10.9 Å². The average Bonchev–Trinajstić information content (AvgIpc) is 3.06. The molecule has 1 aliphatic carbocycles. The first-order valence-corrected chi connectivity index (χ1v) is 6.45. The van der Waals surface area contributed by atoms with Gasteiger partial charge in [-0.3, -0.25) is 0 Å². The van der Waals surface area contributed by atoms with Crippen LogP contribution in [0.2, 0.25) is 0 Å². The maximum Gasteiger partial charge on any atom is 0.0512 e. The molecule has 0 unspecified atom stereocenters. The Morgan fingerprint density at radius 3 is 2.88 bits per heavy atom. The van der Waals surface area contributed by atoms with Crippen LogP contribution in [-0.4, -0.2) is 4.57 Å². The predicted octanol–water partition coefficient (Wildman–Crippen LogP) is 4.00. The zero-order valence-corrected chi connectivity index (χ0v) is 9.95. The van der Waals surface area contributed by atoms with E-state index in [2.05, 4.69) is 42.0 Å². The van der Waals surface area contributed by atoms with Gasteiger partial charge < -0.3 is 4.57 Å². The molecule has 1 nitrogen and oxygen atoms in total. The molecule has 0 amide bonds. The lowest BCUT2D eigenvalue weighted by atomic mass is 10.1. The lowest BCUT2D eigenvalue weighted by Gasteiger charge is -2.08. The van der Waals surface area contributed by atoms with Crippen LogP contribution in [0.5, 0.6) is 0 Å². The Morgan fingerprint density at radius 1 is 1.25 bits per heavy atom. The second-order valence-corrected chi connectivity index (χ2v) is 4.95. The Bertz CT molecular complexity index is 491. The molecule has 0 N–H and O–H groups in total. The molecule has 16 heavy (non-hydrogen) atoms. The topological polar surface area (TPSA) is 4.93 Å². The maximum absolute atomic E-state index is 2.45. The van der Waals surface area contributed by atoms with Gasteiger partial charge in [0, 0.05) is 12.7 Å². The van der Waals surface area contributed by atoms with Crippen molar-refractivity contribution in [2.45, 2.75) is 39.2 Å². The first-order chi connectivity index (χ1) is 7.88. The fourth-order valence-corrected chi connectivity index (χ4v) is 2.54.